The topological polar surface area (TPSA) is 89.3 Å². The Balaban J connectivity index is 2.09. The fraction of sp³-hybridized carbons (Fsp3) is 0.533. The number of amides is 1. The highest BCUT2D eigenvalue weighted by Crippen LogP contribution is 2.32. The molecule has 1 aromatic carbocycles. The van der Waals surface area contributed by atoms with Crippen LogP contribution in [-0.2, 0) is 9.84 Å². The van der Waals surface area contributed by atoms with Crippen molar-refractivity contribution in [3.63, 3.8) is 0 Å². The number of nitrogens with one attached hydrogen (secondary N) is 1. The van der Waals surface area contributed by atoms with Gasteiger partial charge in [-0.1, -0.05) is 0 Å². The molecule has 1 amide bonds. The molecule has 2 rings (SSSR count). The largest absolute Gasteiger partial charge is 0.348 e. The predicted octanol–water partition coefficient (Wildman–Crippen LogP) is 1.34. The quantitative estimate of drug-likeness (QED) is 0.829. The van der Waals surface area contributed by atoms with Gasteiger partial charge in [0.25, 0.3) is 5.91 Å². The molecule has 21 heavy (non-hydrogen) atoms. The van der Waals surface area contributed by atoms with E-state index >= 15 is 0 Å². The van der Waals surface area contributed by atoms with Gasteiger partial charge in [-0.2, -0.15) is 0 Å². The maximum Gasteiger partial charge on any atom is 0.251 e. The zero-order chi connectivity index (χ0) is 15.6. The molecule has 1 saturated carbocycles. The molecule has 5 nitrogen and oxygen atoms in total. The molecule has 6 heteroatoms. The first-order valence-corrected chi connectivity index (χ1v) is 8.75. The van der Waals surface area contributed by atoms with Crippen LogP contribution in [0.4, 0.5) is 0 Å². The first-order chi connectivity index (χ1) is 9.86. The van der Waals surface area contributed by atoms with Gasteiger partial charge in [-0.15, -0.1) is 0 Å². The number of benzene rings is 1. The summed E-state index contributed by atoms with van der Waals surface area (Å²) in [4.78, 5) is 12.4. The fourth-order valence-corrected chi connectivity index (χ4v) is 3.25. The Labute approximate surface area is 125 Å². The van der Waals surface area contributed by atoms with Crippen LogP contribution < -0.4 is 11.1 Å². The van der Waals surface area contributed by atoms with Gasteiger partial charge in [0, 0.05) is 18.2 Å². The highest BCUT2D eigenvalue weighted by atomic mass is 32.2. The van der Waals surface area contributed by atoms with E-state index in [-0.39, 0.29) is 16.8 Å². The van der Waals surface area contributed by atoms with Crippen molar-refractivity contribution >= 4 is 15.7 Å². The maximum atomic E-state index is 12.1. The van der Waals surface area contributed by atoms with Gasteiger partial charge in [-0.25, -0.2) is 8.42 Å². The molecule has 0 saturated heterocycles. The van der Waals surface area contributed by atoms with Crippen molar-refractivity contribution in [2.75, 3.05) is 6.54 Å². The van der Waals surface area contributed by atoms with Gasteiger partial charge in [0.1, 0.15) is 0 Å². The minimum Gasteiger partial charge on any atom is -0.348 e. The van der Waals surface area contributed by atoms with E-state index in [1.165, 1.54) is 12.1 Å². The summed E-state index contributed by atoms with van der Waals surface area (Å²) in [6, 6.07) is 6.07. The van der Waals surface area contributed by atoms with E-state index < -0.39 is 15.1 Å². The van der Waals surface area contributed by atoms with Gasteiger partial charge in [-0.05, 0) is 56.9 Å². The fourth-order valence-electron chi connectivity index (χ4n) is 2.19. The van der Waals surface area contributed by atoms with Crippen LogP contribution in [0.15, 0.2) is 29.2 Å². The Bertz CT molecular complexity index is 604. The third kappa shape index (κ3) is 3.63. The molecule has 0 bridgehead atoms. The second kappa shape index (κ2) is 6.15. The molecular formula is C15H22N2O3S. The number of rotatable bonds is 6. The first-order valence-electron chi connectivity index (χ1n) is 7.21. The smallest absolute Gasteiger partial charge is 0.251 e. The number of carbonyl (C=O) groups is 1. The molecule has 1 aromatic rings. The molecule has 1 aliphatic carbocycles. The molecule has 3 N–H and O–H groups in total. The summed E-state index contributed by atoms with van der Waals surface area (Å²) >= 11 is 0. The molecule has 0 spiro atoms. The van der Waals surface area contributed by atoms with Gasteiger partial charge in [0.2, 0.25) is 0 Å². The average molecular weight is 310 g/mol. The molecule has 1 fully saturated rings. The summed E-state index contributed by atoms with van der Waals surface area (Å²) in [5, 5.41) is 2.43. The summed E-state index contributed by atoms with van der Waals surface area (Å²) in [6.45, 7) is 3.70. The molecule has 0 aliphatic heterocycles. The average Bonchev–Trinajstić information content (AvgIpc) is 3.29. The van der Waals surface area contributed by atoms with Crippen molar-refractivity contribution < 1.29 is 13.2 Å². The van der Waals surface area contributed by atoms with Gasteiger partial charge in [-0.3, -0.25) is 4.79 Å². The first kappa shape index (κ1) is 16.0. The zero-order valence-electron chi connectivity index (χ0n) is 12.4. The highest BCUT2D eigenvalue weighted by Gasteiger charge is 2.31. The van der Waals surface area contributed by atoms with Crippen LogP contribution in [0.2, 0.25) is 0 Å². The summed E-state index contributed by atoms with van der Waals surface area (Å²) in [7, 11) is -3.30. The van der Waals surface area contributed by atoms with E-state index in [1.807, 2.05) is 0 Å². The minimum atomic E-state index is -3.30. The Hall–Kier alpha value is -1.40. The van der Waals surface area contributed by atoms with Crippen molar-refractivity contribution in [2.24, 2.45) is 11.7 Å². The van der Waals surface area contributed by atoms with Crippen molar-refractivity contribution in [1.29, 1.82) is 0 Å². The highest BCUT2D eigenvalue weighted by molar-refractivity contribution is 7.92. The van der Waals surface area contributed by atoms with Crippen LogP contribution in [0.3, 0.4) is 0 Å². The van der Waals surface area contributed by atoms with E-state index in [9.17, 15) is 13.2 Å². The Morgan fingerprint density at radius 3 is 2.29 bits per heavy atom. The van der Waals surface area contributed by atoms with E-state index in [4.69, 9.17) is 5.73 Å². The van der Waals surface area contributed by atoms with E-state index in [0.29, 0.717) is 18.0 Å². The van der Waals surface area contributed by atoms with Crippen LogP contribution in [0.25, 0.3) is 0 Å². The maximum absolute atomic E-state index is 12.1. The molecular weight excluding hydrogens is 288 g/mol. The molecule has 116 valence electrons. The molecule has 1 unspecified atom stereocenters. The molecule has 1 atom stereocenters. The standard InChI is InChI=1S/C15H22N2O3S/c1-10(2)21(19,20)13-7-5-12(6-8-13)15(18)17-14(9-16)11-3-4-11/h5-8,10-11,14H,3-4,9,16H2,1-2H3,(H,17,18). The van der Waals surface area contributed by atoms with Crippen molar-refractivity contribution in [3.8, 4) is 0 Å². The van der Waals surface area contributed by atoms with E-state index in [1.54, 1.807) is 26.0 Å². The lowest BCUT2D eigenvalue weighted by atomic mass is 10.1. The second-order valence-corrected chi connectivity index (χ2v) is 8.28. The Morgan fingerprint density at radius 2 is 1.86 bits per heavy atom. The van der Waals surface area contributed by atoms with Crippen molar-refractivity contribution in [2.45, 2.75) is 42.9 Å². The van der Waals surface area contributed by atoms with Crippen molar-refractivity contribution in [1.82, 2.24) is 5.32 Å². The minimum absolute atomic E-state index is 0.0107. The van der Waals surface area contributed by atoms with Gasteiger partial charge < -0.3 is 11.1 Å². The van der Waals surface area contributed by atoms with Crippen LogP contribution in [0.1, 0.15) is 37.0 Å². The number of hydrogen-bond acceptors (Lipinski definition) is 4. The third-order valence-electron chi connectivity index (χ3n) is 3.83. The molecule has 0 heterocycles. The number of hydrogen-bond donors (Lipinski definition) is 2. The Morgan fingerprint density at radius 1 is 1.29 bits per heavy atom. The SMILES string of the molecule is CC(C)S(=O)(=O)c1ccc(C(=O)NC(CN)C2CC2)cc1. The molecule has 0 radical (unpaired) electrons. The predicted molar refractivity (Wildman–Crippen MR) is 81.8 cm³/mol. The van der Waals surface area contributed by atoms with E-state index in [0.717, 1.165) is 12.8 Å². The second-order valence-electron chi connectivity index (χ2n) is 5.77. The van der Waals surface area contributed by atoms with Crippen LogP contribution in [-0.4, -0.2) is 32.2 Å². The summed E-state index contributed by atoms with van der Waals surface area (Å²) in [6.07, 6.45) is 2.21. The number of carbonyl (C=O) groups excluding carboxylic acids is 1. The van der Waals surface area contributed by atoms with E-state index in [2.05, 4.69) is 5.32 Å². The van der Waals surface area contributed by atoms with Crippen LogP contribution in [0.5, 0.6) is 0 Å². The zero-order valence-corrected chi connectivity index (χ0v) is 13.2. The third-order valence-corrected chi connectivity index (χ3v) is 6.00. The van der Waals surface area contributed by atoms with Crippen LogP contribution in [0, 0.1) is 5.92 Å². The normalized spacial score (nSPS) is 16.8. The Kier molecular flexibility index (Phi) is 4.68. The van der Waals surface area contributed by atoms with Gasteiger partial charge in [0.05, 0.1) is 10.1 Å². The molecule has 1 aliphatic rings. The lowest BCUT2D eigenvalue weighted by Crippen LogP contribution is -2.41. The summed E-state index contributed by atoms with van der Waals surface area (Å²) < 4.78 is 24.0. The lowest BCUT2D eigenvalue weighted by Gasteiger charge is -2.16. The number of nitrogens with two attached hydrogens (primary N) is 1. The summed E-state index contributed by atoms with van der Waals surface area (Å²) in [5.74, 6) is 0.283. The monoisotopic (exact) mass is 310 g/mol. The van der Waals surface area contributed by atoms with Gasteiger partial charge >= 0.3 is 0 Å². The van der Waals surface area contributed by atoms with Gasteiger partial charge in [0.15, 0.2) is 9.84 Å². The molecule has 0 aromatic heterocycles. The van der Waals surface area contributed by atoms with Crippen LogP contribution >= 0.6 is 0 Å². The lowest BCUT2D eigenvalue weighted by molar-refractivity contribution is 0.0933. The van der Waals surface area contributed by atoms with Crippen molar-refractivity contribution in [3.05, 3.63) is 29.8 Å². The summed E-state index contributed by atoms with van der Waals surface area (Å²) in [5.41, 5.74) is 6.12. The number of sulfone groups is 1.